The first-order valence-electron chi connectivity index (χ1n) is 6.66. The zero-order chi connectivity index (χ0) is 15.6. The van der Waals surface area contributed by atoms with Gasteiger partial charge in [0.25, 0.3) is 5.91 Å². The normalized spacial score (nSPS) is 22.0. The topological polar surface area (TPSA) is 41.6 Å². The number of hydrogen-bond acceptors (Lipinski definition) is 3. The molecule has 1 aromatic rings. The quantitative estimate of drug-likeness (QED) is 0.901. The summed E-state index contributed by atoms with van der Waals surface area (Å²) in [5.74, 6) is -0.519. The van der Waals surface area contributed by atoms with Crippen molar-refractivity contribution in [2.45, 2.75) is 32.3 Å². The molecule has 124 valence electrons. The van der Waals surface area contributed by atoms with Gasteiger partial charge in [-0.05, 0) is 38.1 Å². The smallest absolute Gasteiger partial charge is 0.406 e. The van der Waals surface area contributed by atoms with Gasteiger partial charge in [-0.15, -0.1) is 25.6 Å². The Balaban J connectivity index is 0.00000242. The van der Waals surface area contributed by atoms with Crippen LogP contribution in [0.5, 0.6) is 5.75 Å². The van der Waals surface area contributed by atoms with Crippen LogP contribution in [0.15, 0.2) is 24.3 Å². The molecule has 1 N–H and O–H groups in total. The first kappa shape index (κ1) is 18.6. The van der Waals surface area contributed by atoms with E-state index in [1.807, 2.05) is 13.8 Å². The molecular formula is C14H18ClF3N2O2. The lowest BCUT2D eigenvalue weighted by Crippen LogP contribution is -2.55. The maximum Gasteiger partial charge on any atom is 0.573 e. The van der Waals surface area contributed by atoms with E-state index in [1.54, 1.807) is 4.90 Å². The van der Waals surface area contributed by atoms with Gasteiger partial charge >= 0.3 is 6.36 Å². The van der Waals surface area contributed by atoms with Crippen molar-refractivity contribution in [3.8, 4) is 5.75 Å². The van der Waals surface area contributed by atoms with Gasteiger partial charge < -0.3 is 15.0 Å². The fraction of sp³-hybridized carbons (Fsp3) is 0.500. The number of carbonyl (C=O) groups excluding carboxylic acids is 1. The fourth-order valence-corrected chi connectivity index (χ4v) is 2.47. The van der Waals surface area contributed by atoms with Crippen LogP contribution in [0.25, 0.3) is 0 Å². The minimum atomic E-state index is -4.73. The molecule has 1 fully saturated rings. The molecule has 1 amide bonds. The van der Waals surface area contributed by atoms with Crippen LogP contribution < -0.4 is 10.1 Å². The van der Waals surface area contributed by atoms with Gasteiger partial charge in [-0.1, -0.05) is 0 Å². The highest BCUT2D eigenvalue weighted by molar-refractivity contribution is 5.94. The van der Waals surface area contributed by atoms with E-state index < -0.39 is 6.36 Å². The van der Waals surface area contributed by atoms with E-state index in [4.69, 9.17) is 0 Å². The predicted octanol–water partition coefficient (Wildman–Crippen LogP) is 2.83. The molecule has 4 nitrogen and oxygen atoms in total. The van der Waals surface area contributed by atoms with Crippen molar-refractivity contribution < 1.29 is 22.7 Å². The van der Waals surface area contributed by atoms with Gasteiger partial charge in [0.1, 0.15) is 5.75 Å². The van der Waals surface area contributed by atoms with E-state index in [0.717, 1.165) is 12.1 Å². The second kappa shape index (κ2) is 7.19. The van der Waals surface area contributed by atoms with Gasteiger partial charge in [0.15, 0.2) is 0 Å². The Morgan fingerprint density at radius 3 is 2.14 bits per heavy atom. The first-order valence-corrected chi connectivity index (χ1v) is 6.66. The summed E-state index contributed by atoms with van der Waals surface area (Å²) >= 11 is 0. The molecule has 0 bridgehead atoms. The van der Waals surface area contributed by atoms with Crippen LogP contribution in [0.4, 0.5) is 13.2 Å². The highest BCUT2D eigenvalue weighted by Gasteiger charge is 2.31. The van der Waals surface area contributed by atoms with E-state index in [1.165, 1.54) is 12.1 Å². The number of hydrogen-bond donors (Lipinski definition) is 1. The number of amides is 1. The molecule has 1 aromatic carbocycles. The summed E-state index contributed by atoms with van der Waals surface area (Å²) in [5, 5.41) is 3.31. The lowest BCUT2D eigenvalue weighted by atomic mass is 10.1. The highest BCUT2D eigenvalue weighted by atomic mass is 35.5. The zero-order valence-corrected chi connectivity index (χ0v) is 13.0. The van der Waals surface area contributed by atoms with Crippen LogP contribution in [0, 0.1) is 0 Å². The van der Waals surface area contributed by atoms with Crippen LogP contribution in [-0.2, 0) is 0 Å². The summed E-state index contributed by atoms with van der Waals surface area (Å²) in [5.41, 5.74) is 0.353. The van der Waals surface area contributed by atoms with Crippen LogP contribution in [-0.4, -0.2) is 42.3 Å². The Morgan fingerprint density at radius 1 is 1.18 bits per heavy atom. The minimum Gasteiger partial charge on any atom is -0.406 e. The number of benzene rings is 1. The molecule has 0 aromatic heterocycles. The maximum atomic E-state index is 12.3. The van der Waals surface area contributed by atoms with Crippen molar-refractivity contribution in [2.75, 3.05) is 13.1 Å². The van der Waals surface area contributed by atoms with Crippen molar-refractivity contribution in [1.82, 2.24) is 10.2 Å². The van der Waals surface area contributed by atoms with Gasteiger partial charge in [0, 0.05) is 30.7 Å². The average Bonchev–Trinajstić information content (AvgIpc) is 2.35. The lowest BCUT2D eigenvalue weighted by Gasteiger charge is -2.36. The number of halogens is 4. The second-order valence-electron chi connectivity index (χ2n) is 5.25. The van der Waals surface area contributed by atoms with E-state index in [2.05, 4.69) is 10.1 Å². The second-order valence-corrected chi connectivity index (χ2v) is 5.25. The van der Waals surface area contributed by atoms with Crippen molar-refractivity contribution in [2.24, 2.45) is 0 Å². The molecule has 0 aliphatic carbocycles. The van der Waals surface area contributed by atoms with Crippen molar-refractivity contribution >= 4 is 18.3 Å². The Kier molecular flexibility index (Phi) is 6.08. The van der Waals surface area contributed by atoms with E-state index in [9.17, 15) is 18.0 Å². The number of nitrogens with one attached hydrogen (secondary N) is 1. The molecule has 1 aliphatic rings. The fourth-order valence-electron chi connectivity index (χ4n) is 2.47. The monoisotopic (exact) mass is 338 g/mol. The molecule has 2 unspecified atom stereocenters. The lowest BCUT2D eigenvalue weighted by molar-refractivity contribution is -0.274. The molecule has 0 spiro atoms. The third-order valence-corrected chi connectivity index (χ3v) is 3.18. The summed E-state index contributed by atoms with van der Waals surface area (Å²) in [4.78, 5) is 14.0. The number of alkyl halides is 3. The zero-order valence-electron chi connectivity index (χ0n) is 12.2. The van der Waals surface area contributed by atoms with E-state index >= 15 is 0 Å². The molecule has 2 rings (SSSR count). The Labute approximate surface area is 133 Å². The Bertz CT molecular complexity index is 498. The number of carbonyl (C=O) groups is 1. The van der Waals surface area contributed by atoms with Gasteiger partial charge in [0.05, 0.1) is 0 Å². The van der Waals surface area contributed by atoms with Gasteiger partial charge in [-0.2, -0.15) is 0 Å². The summed E-state index contributed by atoms with van der Waals surface area (Å²) in [6, 6.07) is 5.36. The molecule has 1 heterocycles. The summed E-state index contributed by atoms with van der Waals surface area (Å²) in [6.45, 7) is 5.11. The van der Waals surface area contributed by atoms with E-state index in [0.29, 0.717) is 18.7 Å². The SMILES string of the molecule is CC1CN(C(=O)c2ccc(OC(F)(F)F)cc2)CC(C)N1.Cl. The molecular weight excluding hydrogens is 321 g/mol. The van der Waals surface area contributed by atoms with E-state index in [-0.39, 0.29) is 36.1 Å². The van der Waals surface area contributed by atoms with Crippen LogP contribution in [0.2, 0.25) is 0 Å². The van der Waals surface area contributed by atoms with Gasteiger partial charge in [-0.25, -0.2) is 0 Å². The van der Waals surface area contributed by atoms with Crippen molar-refractivity contribution in [1.29, 1.82) is 0 Å². The number of ether oxygens (including phenoxy) is 1. The minimum absolute atomic E-state index is 0. The number of rotatable bonds is 2. The molecule has 0 radical (unpaired) electrons. The average molecular weight is 339 g/mol. The number of nitrogens with zero attached hydrogens (tertiary/aromatic N) is 1. The molecule has 1 aliphatic heterocycles. The van der Waals surface area contributed by atoms with Crippen LogP contribution in [0.3, 0.4) is 0 Å². The molecule has 2 atom stereocenters. The summed E-state index contributed by atoms with van der Waals surface area (Å²) in [6.07, 6.45) is -4.73. The summed E-state index contributed by atoms with van der Waals surface area (Å²) in [7, 11) is 0. The molecule has 8 heteroatoms. The standard InChI is InChI=1S/C14H17F3N2O2.ClH/c1-9-7-19(8-10(2)18-9)13(20)11-3-5-12(6-4-11)21-14(15,16)17;/h3-6,9-10,18H,7-8H2,1-2H3;1H. The molecule has 1 saturated heterocycles. The predicted molar refractivity (Wildman–Crippen MR) is 78.3 cm³/mol. The largest absolute Gasteiger partial charge is 0.573 e. The molecule has 0 saturated carbocycles. The van der Waals surface area contributed by atoms with Crippen molar-refractivity contribution in [3.63, 3.8) is 0 Å². The Morgan fingerprint density at radius 2 is 1.68 bits per heavy atom. The first-order chi connectivity index (χ1) is 9.74. The third kappa shape index (κ3) is 5.06. The highest BCUT2D eigenvalue weighted by Crippen LogP contribution is 2.23. The van der Waals surface area contributed by atoms with Gasteiger partial charge in [0.2, 0.25) is 0 Å². The Hall–Kier alpha value is -1.47. The summed E-state index contributed by atoms with van der Waals surface area (Å²) < 4.78 is 40.0. The van der Waals surface area contributed by atoms with Gasteiger partial charge in [-0.3, -0.25) is 4.79 Å². The maximum absolute atomic E-state index is 12.3. The van der Waals surface area contributed by atoms with Crippen molar-refractivity contribution in [3.05, 3.63) is 29.8 Å². The number of piperazine rings is 1. The van der Waals surface area contributed by atoms with Crippen LogP contribution >= 0.6 is 12.4 Å². The van der Waals surface area contributed by atoms with Crippen LogP contribution in [0.1, 0.15) is 24.2 Å². The third-order valence-electron chi connectivity index (χ3n) is 3.18. The molecule has 22 heavy (non-hydrogen) atoms.